The molecule has 0 bridgehead atoms. The third-order valence-corrected chi connectivity index (χ3v) is 5.31. The van der Waals surface area contributed by atoms with Gasteiger partial charge in [-0.1, -0.05) is 50.5 Å². The molecule has 2 aromatic rings. The second-order valence-electron chi connectivity index (χ2n) is 5.91. The average molecular weight is 361 g/mol. The van der Waals surface area contributed by atoms with E-state index in [9.17, 15) is 18.3 Å². The van der Waals surface area contributed by atoms with Crippen molar-refractivity contribution in [3.8, 4) is 0 Å². The van der Waals surface area contributed by atoms with Gasteiger partial charge in [0.1, 0.15) is 0 Å². The molecule has 6 heteroatoms. The van der Waals surface area contributed by atoms with E-state index in [0.29, 0.717) is 0 Å². The van der Waals surface area contributed by atoms with Crippen LogP contribution in [0, 0.1) is 0 Å². The first-order valence-corrected chi connectivity index (χ1v) is 9.86. The van der Waals surface area contributed by atoms with E-state index >= 15 is 0 Å². The van der Waals surface area contributed by atoms with Crippen LogP contribution in [0.4, 0.5) is 5.69 Å². The molecule has 5 nitrogen and oxygen atoms in total. The Morgan fingerprint density at radius 1 is 1.04 bits per heavy atom. The summed E-state index contributed by atoms with van der Waals surface area (Å²) in [6.45, 7) is 2.14. The molecule has 2 N–H and O–H groups in total. The van der Waals surface area contributed by atoms with E-state index in [0.717, 1.165) is 37.7 Å². The van der Waals surface area contributed by atoms with Crippen molar-refractivity contribution in [2.75, 3.05) is 4.72 Å². The van der Waals surface area contributed by atoms with Gasteiger partial charge in [0.05, 0.1) is 16.1 Å². The Balaban J connectivity index is 2.21. The lowest BCUT2D eigenvalue weighted by molar-refractivity contribution is 0.0698. The predicted octanol–water partition coefficient (Wildman–Crippen LogP) is 4.31. The molecule has 2 rings (SSSR count). The zero-order chi connectivity index (χ0) is 18.3. The Morgan fingerprint density at radius 2 is 1.76 bits per heavy atom. The van der Waals surface area contributed by atoms with Gasteiger partial charge in [-0.25, -0.2) is 13.2 Å². The summed E-state index contributed by atoms with van der Waals surface area (Å²) in [7, 11) is -3.82. The van der Waals surface area contributed by atoms with Gasteiger partial charge >= 0.3 is 5.97 Å². The lowest BCUT2D eigenvalue weighted by atomic mass is 10.0. The van der Waals surface area contributed by atoms with Crippen molar-refractivity contribution in [2.45, 2.75) is 43.9 Å². The maximum Gasteiger partial charge on any atom is 0.337 e. The number of hydrogen-bond donors (Lipinski definition) is 2. The molecule has 25 heavy (non-hydrogen) atoms. The molecule has 0 aliphatic rings. The summed E-state index contributed by atoms with van der Waals surface area (Å²) in [6.07, 6.45) is 5.16. The van der Waals surface area contributed by atoms with Gasteiger partial charge in [0.15, 0.2) is 0 Å². The second-order valence-corrected chi connectivity index (χ2v) is 7.60. The molecule has 0 spiro atoms. The molecular weight excluding hydrogens is 338 g/mol. The first-order valence-electron chi connectivity index (χ1n) is 8.38. The number of sulfonamides is 1. The van der Waals surface area contributed by atoms with Crippen molar-refractivity contribution >= 4 is 21.7 Å². The summed E-state index contributed by atoms with van der Waals surface area (Å²) in [5.41, 5.74) is 0.942. The highest BCUT2D eigenvalue weighted by atomic mass is 32.2. The normalized spacial score (nSPS) is 11.2. The highest BCUT2D eigenvalue weighted by Gasteiger charge is 2.18. The van der Waals surface area contributed by atoms with Crippen LogP contribution in [-0.2, 0) is 16.4 Å². The molecule has 0 aliphatic carbocycles. The van der Waals surface area contributed by atoms with Crippen LogP contribution in [0.15, 0.2) is 53.4 Å². The molecule has 2 aromatic carbocycles. The third-order valence-electron chi connectivity index (χ3n) is 3.93. The van der Waals surface area contributed by atoms with Gasteiger partial charge in [0.25, 0.3) is 10.0 Å². The zero-order valence-corrected chi connectivity index (χ0v) is 15.1. The van der Waals surface area contributed by atoms with Crippen LogP contribution in [-0.4, -0.2) is 19.5 Å². The average Bonchev–Trinajstić information content (AvgIpc) is 2.60. The summed E-state index contributed by atoms with van der Waals surface area (Å²) < 4.78 is 27.2. The van der Waals surface area contributed by atoms with Crippen molar-refractivity contribution in [2.24, 2.45) is 0 Å². The van der Waals surface area contributed by atoms with E-state index in [4.69, 9.17) is 0 Å². The molecule has 0 aromatic heterocycles. The Labute approximate surface area is 148 Å². The molecule has 0 heterocycles. The monoisotopic (exact) mass is 361 g/mol. The van der Waals surface area contributed by atoms with Crippen molar-refractivity contribution in [3.63, 3.8) is 0 Å². The van der Waals surface area contributed by atoms with E-state index < -0.39 is 16.0 Å². The van der Waals surface area contributed by atoms with E-state index in [-0.39, 0.29) is 16.1 Å². The maximum absolute atomic E-state index is 12.4. The minimum absolute atomic E-state index is 0.0347. The number of hydrogen-bond acceptors (Lipinski definition) is 3. The predicted molar refractivity (Wildman–Crippen MR) is 98.5 cm³/mol. The minimum atomic E-state index is -3.82. The molecular formula is C19H23NO4S. The second kappa shape index (κ2) is 8.67. The van der Waals surface area contributed by atoms with Gasteiger partial charge in [-0.15, -0.1) is 0 Å². The van der Waals surface area contributed by atoms with Gasteiger partial charge in [-0.05, 0) is 42.7 Å². The number of carboxylic acids is 1. The van der Waals surface area contributed by atoms with Crippen molar-refractivity contribution < 1.29 is 18.3 Å². The molecule has 0 fully saturated rings. The molecule has 0 saturated heterocycles. The Bertz CT molecular complexity index is 817. The number of benzene rings is 2. The Morgan fingerprint density at radius 3 is 2.40 bits per heavy atom. The van der Waals surface area contributed by atoms with E-state index in [1.54, 1.807) is 30.3 Å². The summed E-state index contributed by atoms with van der Waals surface area (Å²) in [4.78, 5) is 11.6. The van der Waals surface area contributed by atoms with Gasteiger partial charge in [-0.2, -0.15) is 0 Å². The molecule has 0 aliphatic heterocycles. The number of carbonyl (C=O) groups is 1. The molecule has 0 saturated carbocycles. The number of unbranched alkanes of at least 4 members (excludes halogenated alkanes) is 3. The highest BCUT2D eigenvalue weighted by molar-refractivity contribution is 7.92. The van der Waals surface area contributed by atoms with Gasteiger partial charge in [-0.3, -0.25) is 4.72 Å². The number of aromatic carboxylic acids is 1. The number of rotatable bonds is 9. The smallest absolute Gasteiger partial charge is 0.337 e. The number of aryl methyl sites for hydroxylation is 1. The first-order chi connectivity index (χ1) is 11.9. The SMILES string of the molecule is CCCCCCc1ccc(NS(=O)(=O)c2ccccc2)c(C(=O)O)c1. The number of anilines is 1. The zero-order valence-electron chi connectivity index (χ0n) is 14.2. The molecule has 0 unspecified atom stereocenters. The van der Waals surface area contributed by atoms with E-state index in [1.807, 2.05) is 0 Å². The van der Waals surface area contributed by atoms with Crippen LogP contribution in [0.2, 0.25) is 0 Å². The molecule has 0 atom stereocenters. The fraction of sp³-hybridized carbons (Fsp3) is 0.316. The molecule has 0 amide bonds. The third kappa shape index (κ3) is 5.32. The summed E-state index contributed by atoms with van der Waals surface area (Å²) in [6, 6.07) is 12.7. The van der Waals surface area contributed by atoms with Gasteiger partial charge in [0, 0.05) is 0 Å². The lowest BCUT2D eigenvalue weighted by Gasteiger charge is -2.12. The summed E-state index contributed by atoms with van der Waals surface area (Å²) in [5.74, 6) is -1.15. The Kier molecular flexibility index (Phi) is 6.58. The van der Waals surface area contributed by atoms with Crippen LogP contribution in [0.3, 0.4) is 0 Å². The molecule has 0 radical (unpaired) electrons. The van der Waals surface area contributed by atoms with E-state index in [1.165, 1.54) is 18.2 Å². The fourth-order valence-corrected chi connectivity index (χ4v) is 3.67. The van der Waals surface area contributed by atoms with Gasteiger partial charge < -0.3 is 5.11 Å². The van der Waals surface area contributed by atoms with Crippen molar-refractivity contribution in [3.05, 3.63) is 59.7 Å². The van der Waals surface area contributed by atoms with Crippen LogP contribution in [0.25, 0.3) is 0 Å². The highest BCUT2D eigenvalue weighted by Crippen LogP contribution is 2.23. The largest absolute Gasteiger partial charge is 0.478 e. The Hall–Kier alpha value is -2.34. The minimum Gasteiger partial charge on any atom is -0.478 e. The number of nitrogens with one attached hydrogen (secondary N) is 1. The maximum atomic E-state index is 12.4. The van der Waals surface area contributed by atoms with E-state index in [2.05, 4.69) is 11.6 Å². The first kappa shape index (κ1) is 19.0. The lowest BCUT2D eigenvalue weighted by Crippen LogP contribution is -2.15. The van der Waals surface area contributed by atoms with Gasteiger partial charge in [0.2, 0.25) is 0 Å². The van der Waals surface area contributed by atoms with Crippen LogP contribution in [0.5, 0.6) is 0 Å². The van der Waals surface area contributed by atoms with Crippen molar-refractivity contribution in [1.82, 2.24) is 0 Å². The van der Waals surface area contributed by atoms with Crippen LogP contribution in [0.1, 0.15) is 48.5 Å². The topological polar surface area (TPSA) is 83.5 Å². The van der Waals surface area contributed by atoms with Crippen LogP contribution < -0.4 is 4.72 Å². The fourth-order valence-electron chi connectivity index (χ4n) is 2.57. The molecule has 134 valence electrons. The summed E-state index contributed by atoms with van der Waals surface area (Å²) >= 11 is 0. The standard InChI is InChI=1S/C19H23NO4S/c1-2-3-4-6-9-15-12-13-18(17(14-15)19(21)22)20-25(23,24)16-10-7-5-8-11-16/h5,7-8,10-14,20H,2-4,6,9H2,1H3,(H,21,22). The number of carboxylic acid groups (broad SMARTS) is 1. The summed E-state index contributed by atoms with van der Waals surface area (Å²) in [5, 5.41) is 9.43. The van der Waals surface area contributed by atoms with Crippen molar-refractivity contribution in [1.29, 1.82) is 0 Å². The quantitative estimate of drug-likeness (QED) is 0.652. The van der Waals surface area contributed by atoms with Crippen LogP contribution >= 0.6 is 0 Å².